The zero-order valence-electron chi connectivity index (χ0n) is 55.6. The summed E-state index contributed by atoms with van der Waals surface area (Å²) in [5.74, 6) is -0.758. The number of rotatable bonds is 16. The summed E-state index contributed by atoms with van der Waals surface area (Å²) in [6, 6.07) is 17.3. The van der Waals surface area contributed by atoms with E-state index in [9.17, 15) is 38.7 Å². The van der Waals surface area contributed by atoms with E-state index in [-0.39, 0.29) is 48.3 Å². The summed E-state index contributed by atoms with van der Waals surface area (Å²) >= 11 is 5.97. The van der Waals surface area contributed by atoms with Gasteiger partial charge in [-0.3, -0.25) is 24.4 Å². The Bertz CT molecular complexity index is 4030. The van der Waals surface area contributed by atoms with Crippen LogP contribution in [0.25, 0.3) is 41.6 Å². The Morgan fingerprint density at radius 2 is 1.20 bits per heavy atom. The average molecular weight is 1360 g/mol. The Labute approximate surface area is 564 Å². The van der Waals surface area contributed by atoms with Gasteiger partial charge in [-0.05, 0) is 173 Å². The van der Waals surface area contributed by atoms with Crippen molar-refractivity contribution in [3.63, 3.8) is 0 Å². The Balaban J connectivity index is 0.000000218. The van der Waals surface area contributed by atoms with Gasteiger partial charge in [-0.1, -0.05) is 20.3 Å². The number of ether oxygens (including phenoxy) is 3. The third-order valence-electron chi connectivity index (χ3n) is 14.5. The van der Waals surface area contributed by atoms with Crippen LogP contribution in [0.15, 0.2) is 85.5 Å². The number of carbonyl (C=O) groups excluding carboxylic acids is 6. The summed E-state index contributed by atoms with van der Waals surface area (Å²) in [5.41, 5.74) is 10.6. The molecule has 2 aliphatic rings. The molecule has 10 rings (SSSR count). The second-order valence-electron chi connectivity index (χ2n) is 26.6. The Morgan fingerprint density at radius 3 is 1.71 bits per heavy atom. The molecule has 8 heterocycles. The average Bonchev–Trinajstić information content (AvgIpc) is 1.62. The number of amides is 5. The first-order valence-electron chi connectivity index (χ1n) is 31.2. The number of thiophene rings is 2. The lowest BCUT2D eigenvalue weighted by Crippen LogP contribution is -2.42. The van der Waals surface area contributed by atoms with E-state index in [1.807, 2.05) is 61.5 Å². The summed E-state index contributed by atoms with van der Waals surface area (Å²) in [6.07, 6.45) is 9.42. The molecule has 94 heavy (non-hydrogen) atoms. The number of hydrogen-bond donors (Lipinski definition) is 4. The Morgan fingerprint density at radius 1 is 0.660 bits per heavy atom. The fourth-order valence-corrected chi connectivity index (χ4v) is 15.0. The number of nitrogens with two attached hydrogens (primary N) is 1. The normalized spacial score (nSPS) is 13.1. The highest BCUT2D eigenvalue weighted by Gasteiger charge is 2.34. The molecule has 0 atom stereocenters. The van der Waals surface area contributed by atoms with Crippen molar-refractivity contribution in [1.82, 2.24) is 34.6 Å². The molecule has 25 heteroatoms. The van der Waals surface area contributed by atoms with Gasteiger partial charge in [-0.25, -0.2) is 29.1 Å². The molecule has 0 radical (unpaired) electrons. The number of aromatic nitrogens is 4. The van der Waals surface area contributed by atoms with Crippen molar-refractivity contribution < 1.29 is 52.9 Å². The number of nitrogens with one attached hydrogen (secondary N) is 2. The molecule has 21 nitrogen and oxygen atoms in total. The monoisotopic (exact) mass is 1360 g/mol. The first-order chi connectivity index (χ1) is 44.3. The minimum Gasteiger partial charge on any atom is -0.478 e. The van der Waals surface area contributed by atoms with Crippen LogP contribution in [0.4, 0.5) is 30.8 Å². The molecule has 6 aromatic heterocycles. The summed E-state index contributed by atoms with van der Waals surface area (Å²) < 4.78 is 18.5. The van der Waals surface area contributed by atoms with Crippen LogP contribution in [0.1, 0.15) is 162 Å². The molecule has 0 saturated heterocycles. The van der Waals surface area contributed by atoms with E-state index in [1.165, 1.54) is 33.6 Å². The lowest BCUT2D eigenvalue weighted by molar-refractivity contribution is -0.118. The first-order valence-corrected chi connectivity index (χ1v) is 34.5. The number of aromatic carboxylic acids is 1. The number of nitrogens with zero attached hydrogens (tertiary/aromatic N) is 7. The molecule has 5 amide bonds. The lowest BCUT2D eigenvalue weighted by atomic mass is 9.99. The molecule has 0 aliphatic carbocycles. The molecule has 0 saturated carbocycles. The molecular weight excluding hydrogens is 1270 g/mol. The van der Waals surface area contributed by atoms with Gasteiger partial charge in [0.05, 0.1) is 56.7 Å². The number of anilines is 3. The van der Waals surface area contributed by atoms with Crippen molar-refractivity contribution in [2.24, 2.45) is 5.92 Å². The molecule has 8 aromatic rings. The largest absolute Gasteiger partial charge is 0.478 e. The van der Waals surface area contributed by atoms with Gasteiger partial charge in [0, 0.05) is 94.9 Å². The maximum Gasteiger partial charge on any atom is 0.410 e. The molecule has 5 N–H and O–H groups in total. The number of hydrogen-bond acceptors (Lipinski definition) is 19. The van der Waals surface area contributed by atoms with Crippen LogP contribution in [-0.4, -0.2) is 124 Å². The molecular formula is C69H84N10O11S4. The second kappa shape index (κ2) is 30.8. The Kier molecular flexibility index (Phi) is 23.4. The van der Waals surface area contributed by atoms with Crippen LogP contribution in [0.2, 0.25) is 0 Å². The molecule has 0 bridgehead atoms. The van der Waals surface area contributed by atoms with E-state index in [0.717, 1.165) is 69.7 Å². The van der Waals surface area contributed by atoms with Crippen LogP contribution < -0.4 is 16.4 Å². The van der Waals surface area contributed by atoms with Gasteiger partial charge in [0.25, 0.3) is 5.91 Å². The van der Waals surface area contributed by atoms with Crippen molar-refractivity contribution in [1.29, 1.82) is 0 Å². The zero-order valence-corrected chi connectivity index (χ0v) is 58.9. The third kappa shape index (κ3) is 19.8. The Hall–Kier alpha value is -8.39. The highest BCUT2D eigenvalue weighted by molar-refractivity contribution is 7.23. The molecule has 500 valence electrons. The number of carboxylic acids is 1. The summed E-state index contributed by atoms with van der Waals surface area (Å²) in [4.78, 5) is 115. The number of nitrogen functional groups attached to an aromatic ring is 1. The van der Waals surface area contributed by atoms with Gasteiger partial charge in [0.2, 0.25) is 5.91 Å². The molecule has 0 fully saturated rings. The SMILES string of the molecule is CC(C)CCCC(=O)Cc1sc2c(c1-c1nc3cc(C(=O)Nc4cccnc4)ccc3s1)CCN(C(=O)OC(C)(C)C)C2.CC(C)N(CCC(=O)Nc1sc2c(c1-c1nc3cc(C(=O)O)ccc3s1)CCN(C(=O)OC(C)(C)C)C2)C(=O)OC(C)(C)C.Nc1cccnc1. The first kappa shape index (κ1) is 71.5. The van der Waals surface area contributed by atoms with Crippen molar-refractivity contribution in [3.8, 4) is 21.1 Å². The maximum absolute atomic E-state index is 13.3. The second-order valence-corrected chi connectivity index (χ2v) is 30.9. The van der Waals surface area contributed by atoms with Crippen LogP contribution in [-0.2, 0) is 56.2 Å². The third-order valence-corrected chi connectivity index (χ3v) is 18.9. The summed E-state index contributed by atoms with van der Waals surface area (Å²) in [5, 5.41) is 17.4. The highest BCUT2D eigenvalue weighted by Crippen LogP contribution is 2.47. The number of thiazole rings is 2. The number of carboxylic acid groups (broad SMARTS) is 1. The number of ketones is 1. The van der Waals surface area contributed by atoms with Gasteiger partial charge in [-0.15, -0.1) is 45.3 Å². The van der Waals surface area contributed by atoms with Crippen molar-refractivity contribution >= 4 is 124 Å². The van der Waals surface area contributed by atoms with E-state index in [4.69, 9.17) is 29.9 Å². The lowest BCUT2D eigenvalue weighted by Gasteiger charge is -2.30. The van der Waals surface area contributed by atoms with E-state index in [1.54, 1.807) is 127 Å². The van der Waals surface area contributed by atoms with Crippen LogP contribution in [0.5, 0.6) is 0 Å². The quantitative estimate of drug-likeness (QED) is 0.0654. The predicted molar refractivity (Wildman–Crippen MR) is 373 cm³/mol. The predicted octanol–water partition coefficient (Wildman–Crippen LogP) is 15.6. The van der Waals surface area contributed by atoms with E-state index in [2.05, 4.69) is 34.4 Å². The number of fused-ring (bicyclic) bond motifs is 4. The van der Waals surface area contributed by atoms with Crippen LogP contribution in [0.3, 0.4) is 0 Å². The zero-order chi connectivity index (χ0) is 68.4. The molecule has 0 unspecified atom stereocenters. The molecule has 2 aliphatic heterocycles. The molecule has 0 spiro atoms. The van der Waals surface area contributed by atoms with Gasteiger partial charge in [0.1, 0.15) is 37.6 Å². The van der Waals surface area contributed by atoms with E-state index >= 15 is 0 Å². The van der Waals surface area contributed by atoms with E-state index < -0.39 is 35.0 Å². The fourth-order valence-electron chi connectivity index (χ4n) is 10.1. The summed E-state index contributed by atoms with van der Waals surface area (Å²) in [7, 11) is 0. The van der Waals surface area contributed by atoms with Crippen LogP contribution in [0, 0.1) is 5.92 Å². The smallest absolute Gasteiger partial charge is 0.410 e. The van der Waals surface area contributed by atoms with Crippen molar-refractivity contribution in [2.45, 2.75) is 171 Å². The number of benzene rings is 2. The maximum atomic E-state index is 13.3. The fraction of sp³-hybridized carbons (Fsp3) is 0.435. The minimum atomic E-state index is -1.04. The number of Topliss-reactive ketones (excluding diaryl/α,β-unsaturated/α-hetero) is 1. The number of pyridine rings is 2. The minimum absolute atomic E-state index is 0.0469. The summed E-state index contributed by atoms with van der Waals surface area (Å²) in [6.45, 7) is 26.5. The topological polar surface area (TPSA) is 279 Å². The molecule has 2 aromatic carbocycles. The van der Waals surface area contributed by atoms with Crippen molar-refractivity contribution in [3.05, 3.63) is 122 Å². The van der Waals surface area contributed by atoms with Gasteiger partial charge >= 0.3 is 24.2 Å². The van der Waals surface area contributed by atoms with Crippen molar-refractivity contribution in [2.75, 3.05) is 36.0 Å². The standard InChI is InChI=1S/C33H38N4O4S2.C31H40N4O7S2.C5H6N2/c1-20(2)8-6-10-23(38)17-27-29(24-13-15-37(19-28(24)42-27)32(40)41-33(3,4)5)31-36-25-16-21(11-12-26(25)43-31)30(39)35-22-9-7-14-34-18-22;1-17(2)35(29(40)42-31(6,7)8)14-12-23(36)33-26-24(25-32-20-15-18(27(37)38)9-10-21(20)43-25)19-11-13-34(16-22(19)44-26)28(39)41-30(3,4)5;6-5-2-1-3-7-4-5/h7,9,11-12,14,16,18,20H,6,8,10,13,15,17,19H2,1-5H3,(H,35,39);9-10,15,17H,11-14,16H2,1-8H3,(H,33,36)(H,37,38);1-4H,6H2. The number of carbonyl (C=O) groups is 7. The van der Waals surface area contributed by atoms with E-state index in [0.29, 0.717) is 90.2 Å². The van der Waals surface area contributed by atoms with Gasteiger partial charge < -0.3 is 50.4 Å². The van der Waals surface area contributed by atoms with Crippen LogP contribution >= 0.6 is 45.3 Å². The van der Waals surface area contributed by atoms with Gasteiger partial charge in [0.15, 0.2) is 0 Å². The van der Waals surface area contributed by atoms with Gasteiger partial charge in [-0.2, -0.15) is 0 Å². The highest BCUT2D eigenvalue weighted by atomic mass is 32.1.